The summed E-state index contributed by atoms with van der Waals surface area (Å²) in [5, 5.41) is 8.09. The highest BCUT2D eigenvalue weighted by Crippen LogP contribution is 2.36. The van der Waals surface area contributed by atoms with Gasteiger partial charge in [-0.25, -0.2) is 0 Å². The molecule has 0 radical (unpaired) electrons. The number of anilines is 1. The van der Waals surface area contributed by atoms with E-state index in [0.29, 0.717) is 11.7 Å². The Bertz CT molecular complexity index is 264. The number of hydrogen-bond acceptors (Lipinski definition) is 3. The summed E-state index contributed by atoms with van der Waals surface area (Å²) in [5.41, 5.74) is 5.45. The minimum atomic E-state index is 0.512. The van der Waals surface area contributed by atoms with Crippen LogP contribution in [0.3, 0.4) is 0 Å². The molecule has 0 bridgehead atoms. The molecule has 0 aliphatic heterocycles. The van der Waals surface area contributed by atoms with Crippen LogP contribution < -0.4 is 5.73 Å². The Morgan fingerprint density at radius 3 is 3.00 bits per heavy atom. The number of aromatic nitrogens is 3. The summed E-state index contributed by atoms with van der Waals surface area (Å²) in [7, 11) is 0. The average Bonchev–Trinajstić information content (AvgIpc) is 2.78. The summed E-state index contributed by atoms with van der Waals surface area (Å²) < 4.78 is 0. The zero-order valence-electron chi connectivity index (χ0n) is 7.27. The van der Waals surface area contributed by atoms with Crippen molar-refractivity contribution < 1.29 is 0 Å². The summed E-state index contributed by atoms with van der Waals surface area (Å²) in [4.78, 5) is 1.69. The molecule has 66 valence electrons. The van der Waals surface area contributed by atoms with Gasteiger partial charge in [-0.15, -0.1) is 5.10 Å². The fourth-order valence-corrected chi connectivity index (χ4v) is 1.47. The normalized spacial score (nSPS) is 19.4. The molecule has 1 aliphatic rings. The molecule has 2 rings (SSSR count). The van der Waals surface area contributed by atoms with E-state index in [1.807, 2.05) is 0 Å². The molecule has 1 heterocycles. The first kappa shape index (κ1) is 7.58. The van der Waals surface area contributed by atoms with Crippen LogP contribution in [0.15, 0.2) is 6.20 Å². The van der Waals surface area contributed by atoms with Gasteiger partial charge in [-0.1, -0.05) is 6.92 Å². The number of rotatable bonds is 3. The molecular weight excluding hydrogens is 152 g/mol. The van der Waals surface area contributed by atoms with Crippen LogP contribution in [0.2, 0.25) is 0 Å². The zero-order chi connectivity index (χ0) is 8.55. The minimum absolute atomic E-state index is 0.512. The lowest BCUT2D eigenvalue weighted by Crippen LogP contribution is -2.12. The van der Waals surface area contributed by atoms with Gasteiger partial charge in [0.15, 0.2) is 5.82 Å². The Hall–Kier alpha value is -1.06. The maximum absolute atomic E-state index is 5.45. The van der Waals surface area contributed by atoms with Crippen LogP contribution in [0.4, 0.5) is 5.82 Å². The van der Waals surface area contributed by atoms with E-state index in [2.05, 4.69) is 17.1 Å². The second-order valence-electron chi connectivity index (χ2n) is 3.64. The van der Waals surface area contributed by atoms with Crippen molar-refractivity contribution in [3.8, 4) is 0 Å². The van der Waals surface area contributed by atoms with Crippen LogP contribution in [-0.4, -0.2) is 15.0 Å². The number of hydrogen-bond donors (Lipinski definition) is 1. The molecule has 2 N–H and O–H groups in total. The Labute approximate surface area is 71.8 Å². The largest absolute Gasteiger partial charge is 0.381 e. The zero-order valence-corrected chi connectivity index (χ0v) is 7.27. The lowest BCUT2D eigenvalue weighted by molar-refractivity contribution is 0.377. The molecule has 1 atom stereocenters. The van der Waals surface area contributed by atoms with Crippen molar-refractivity contribution in [1.29, 1.82) is 0 Å². The van der Waals surface area contributed by atoms with E-state index in [-0.39, 0.29) is 0 Å². The van der Waals surface area contributed by atoms with E-state index >= 15 is 0 Å². The Kier molecular flexibility index (Phi) is 1.75. The Balaban J connectivity index is 1.93. The molecule has 1 unspecified atom stereocenters. The van der Waals surface area contributed by atoms with Gasteiger partial charge in [0.25, 0.3) is 0 Å². The fraction of sp³-hybridized carbons (Fsp3) is 0.750. The monoisotopic (exact) mass is 166 g/mol. The molecule has 12 heavy (non-hydrogen) atoms. The highest BCUT2D eigenvalue weighted by atomic mass is 15.5. The van der Waals surface area contributed by atoms with Gasteiger partial charge in [-0.2, -0.15) is 9.90 Å². The van der Waals surface area contributed by atoms with Gasteiger partial charge in [-0.05, 0) is 24.7 Å². The van der Waals surface area contributed by atoms with Crippen molar-refractivity contribution in [3.05, 3.63) is 6.20 Å². The van der Waals surface area contributed by atoms with E-state index < -0.39 is 0 Å². The van der Waals surface area contributed by atoms with Crippen LogP contribution in [0.25, 0.3) is 0 Å². The minimum Gasteiger partial charge on any atom is -0.381 e. The third-order valence-electron chi connectivity index (χ3n) is 2.43. The van der Waals surface area contributed by atoms with Crippen molar-refractivity contribution in [2.75, 3.05) is 5.73 Å². The first-order chi connectivity index (χ1) is 5.75. The molecule has 1 aromatic heterocycles. The van der Waals surface area contributed by atoms with Gasteiger partial charge < -0.3 is 5.73 Å². The summed E-state index contributed by atoms with van der Waals surface area (Å²) in [6.07, 6.45) is 4.34. The smallest absolute Gasteiger partial charge is 0.165 e. The van der Waals surface area contributed by atoms with Crippen LogP contribution in [-0.2, 0) is 6.54 Å². The van der Waals surface area contributed by atoms with Crippen LogP contribution in [0.5, 0.6) is 0 Å². The standard InChI is InChI=1S/C8H14N4/c1-6(7-2-3-7)5-12-10-4-8(9)11-12/h4,6-7H,2-3,5H2,1H3,(H2,9,11). The van der Waals surface area contributed by atoms with Crippen molar-refractivity contribution in [3.63, 3.8) is 0 Å². The first-order valence-corrected chi connectivity index (χ1v) is 4.41. The maximum atomic E-state index is 5.45. The maximum Gasteiger partial charge on any atom is 0.165 e. The second kappa shape index (κ2) is 2.77. The number of nitrogens with two attached hydrogens (primary N) is 1. The van der Waals surface area contributed by atoms with Crippen LogP contribution in [0.1, 0.15) is 19.8 Å². The van der Waals surface area contributed by atoms with Gasteiger partial charge >= 0.3 is 0 Å². The average molecular weight is 166 g/mol. The van der Waals surface area contributed by atoms with Crippen LogP contribution in [0, 0.1) is 11.8 Å². The van der Waals surface area contributed by atoms with E-state index in [1.54, 1.807) is 11.0 Å². The number of nitrogen functional groups attached to an aromatic ring is 1. The molecule has 1 aliphatic carbocycles. The lowest BCUT2D eigenvalue weighted by Gasteiger charge is -2.07. The van der Waals surface area contributed by atoms with E-state index in [4.69, 9.17) is 5.73 Å². The van der Waals surface area contributed by atoms with Gasteiger partial charge in [-0.3, -0.25) is 0 Å². The predicted octanol–water partition coefficient (Wildman–Crippen LogP) is 0.906. The summed E-state index contributed by atoms with van der Waals surface area (Å²) >= 11 is 0. The third-order valence-corrected chi connectivity index (χ3v) is 2.43. The molecule has 1 fully saturated rings. The fourth-order valence-electron chi connectivity index (χ4n) is 1.47. The quantitative estimate of drug-likeness (QED) is 0.726. The molecule has 0 saturated heterocycles. The van der Waals surface area contributed by atoms with Gasteiger partial charge in [0.2, 0.25) is 0 Å². The highest BCUT2D eigenvalue weighted by molar-refractivity contribution is 5.19. The van der Waals surface area contributed by atoms with E-state index in [1.165, 1.54) is 12.8 Å². The third kappa shape index (κ3) is 1.57. The Morgan fingerprint density at radius 1 is 1.75 bits per heavy atom. The van der Waals surface area contributed by atoms with Crippen molar-refractivity contribution in [2.24, 2.45) is 11.8 Å². The lowest BCUT2D eigenvalue weighted by atomic mass is 10.1. The molecule has 0 amide bonds. The van der Waals surface area contributed by atoms with Gasteiger partial charge in [0, 0.05) is 0 Å². The Morgan fingerprint density at radius 2 is 2.50 bits per heavy atom. The number of nitrogens with zero attached hydrogens (tertiary/aromatic N) is 3. The highest BCUT2D eigenvalue weighted by Gasteiger charge is 2.28. The predicted molar refractivity (Wildman–Crippen MR) is 46.3 cm³/mol. The van der Waals surface area contributed by atoms with E-state index in [0.717, 1.165) is 12.5 Å². The first-order valence-electron chi connectivity index (χ1n) is 4.41. The summed E-state index contributed by atoms with van der Waals surface area (Å²) in [5.74, 6) is 2.10. The van der Waals surface area contributed by atoms with Crippen molar-refractivity contribution >= 4 is 5.82 Å². The molecule has 0 aromatic carbocycles. The van der Waals surface area contributed by atoms with Gasteiger partial charge in [0.05, 0.1) is 12.7 Å². The van der Waals surface area contributed by atoms with E-state index in [9.17, 15) is 0 Å². The molecular formula is C8H14N4. The molecule has 1 aromatic rings. The second-order valence-corrected chi connectivity index (χ2v) is 3.64. The van der Waals surface area contributed by atoms with Crippen LogP contribution >= 0.6 is 0 Å². The topological polar surface area (TPSA) is 56.7 Å². The van der Waals surface area contributed by atoms with Crippen molar-refractivity contribution in [2.45, 2.75) is 26.3 Å². The summed E-state index contributed by atoms with van der Waals surface area (Å²) in [6.45, 7) is 3.15. The van der Waals surface area contributed by atoms with Crippen molar-refractivity contribution in [1.82, 2.24) is 15.0 Å². The summed E-state index contributed by atoms with van der Waals surface area (Å²) in [6, 6.07) is 0. The molecule has 1 saturated carbocycles. The van der Waals surface area contributed by atoms with Gasteiger partial charge in [0.1, 0.15) is 0 Å². The SMILES string of the molecule is CC(Cn1ncc(N)n1)C1CC1. The molecule has 4 heteroatoms. The molecule has 0 spiro atoms. The molecule has 4 nitrogen and oxygen atoms in total.